The molecule has 7 heavy (non-hydrogen) atoms. The van der Waals surface area contributed by atoms with Gasteiger partial charge >= 0.3 is 0 Å². The lowest BCUT2D eigenvalue weighted by molar-refractivity contribution is -0.117. The van der Waals surface area contributed by atoms with Crippen LogP contribution in [0.1, 0.15) is 6.92 Å². The molecule has 0 aromatic carbocycles. The topological polar surface area (TPSA) is 41.5 Å². The Hall–Kier alpha value is -0.120. The summed E-state index contributed by atoms with van der Waals surface area (Å²) in [5.41, 5.74) is 2.00. The molecule has 1 saturated heterocycles. The summed E-state index contributed by atoms with van der Waals surface area (Å²) in [6.07, 6.45) is 0. The molecule has 3 nitrogen and oxygen atoms in total. The molecular formula is C4H9NO2. The van der Waals surface area contributed by atoms with Gasteiger partial charge in [0.05, 0.1) is 18.8 Å². The van der Waals surface area contributed by atoms with Crippen molar-refractivity contribution in [1.29, 1.82) is 0 Å². The van der Waals surface area contributed by atoms with Crippen molar-refractivity contribution < 1.29 is 9.94 Å². The van der Waals surface area contributed by atoms with Crippen LogP contribution in [0.15, 0.2) is 0 Å². The first kappa shape index (κ1) is 5.03. The predicted octanol–water partition coefficient (Wildman–Crippen LogP) is -0.246. The van der Waals surface area contributed by atoms with Gasteiger partial charge in [0.25, 0.3) is 0 Å². The van der Waals surface area contributed by atoms with Gasteiger partial charge in [-0.3, -0.25) is 0 Å². The Kier molecular flexibility index (Phi) is 1.03. The van der Waals surface area contributed by atoms with E-state index in [0.717, 1.165) is 0 Å². The number of hydrogen-bond acceptors (Lipinski definition) is 3. The fourth-order valence-corrected chi connectivity index (χ4v) is 0.473. The van der Waals surface area contributed by atoms with Gasteiger partial charge in [-0.25, -0.2) is 0 Å². The van der Waals surface area contributed by atoms with E-state index in [-0.39, 0.29) is 5.54 Å². The lowest BCUT2D eigenvalue weighted by Gasteiger charge is -2.36. The Morgan fingerprint density at radius 1 is 1.71 bits per heavy atom. The molecule has 0 aromatic rings. The van der Waals surface area contributed by atoms with Gasteiger partial charge in [0.15, 0.2) is 0 Å². The largest absolute Gasteiger partial charge is 0.377 e. The van der Waals surface area contributed by atoms with Gasteiger partial charge in [0.2, 0.25) is 0 Å². The Balaban J connectivity index is 2.29. The van der Waals surface area contributed by atoms with Gasteiger partial charge in [0.1, 0.15) is 0 Å². The molecule has 42 valence electrons. The third-order valence-electron chi connectivity index (χ3n) is 1.11. The first-order valence-corrected chi connectivity index (χ1v) is 2.26. The van der Waals surface area contributed by atoms with Crippen LogP contribution in [0.25, 0.3) is 0 Å². The molecule has 1 aliphatic rings. The molecule has 0 aromatic heterocycles. The molecule has 1 fully saturated rings. The second-order valence-corrected chi connectivity index (χ2v) is 2.17. The van der Waals surface area contributed by atoms with Crippen LogP contribution in [0.5, 0.6) is 0 Å². The highest BCUT2D eigenvalue weighted by atomic mass is 16.5. The van der Waals surface area contributed by atoms with Crippen LogP contribution in [0.3, 0.4) is 0 Å². The minimum absolute atomic E-state index is 0.153. The van der Waals surface area contributed by atoms with Crippen molar-refractivity contribution in [2.24, 2.45) is 0 Å². The number of hydrogen-bond donors (Lipinski definition) is 2. The lowest BCUT2D eigenvalue weighted by atomic mass is 10.0. The van der Waals surface area contributed by atoms with Gasteiger partial charge in [-0.15, -0.1) is 0 Å². The second kappa shape index (κ2) is 1.43. The first-order chi connectivity index (χ1) is 3.27. The highest BCUT2D eigenvalue weighted by Crippen LogP contribution is 2.13. The molecule has 1 heterocycles. The molecule has 0 aliphatic carbocycles. The summed E-state index contributed by atoms with van der Waals surface area (Å²) in [4.78, 5) is 0. The number of ether oxygens (including phenoxy) is 1. The minimum atomic E-state index is -0.153. The van der Waals surface area contributed by atoms with Gasteiger partial charge in [-0.2, -0.15) is 5.48 Å². The number of nitrogens with one attached hydrogen (secondary N) is 1. The molecule has 1 aliphatic heterocycles. The molecule has 3 heteroatoms. The molecule has 0 radical (unpaired) electrons. The van der Waals surface area contributed by atoms with Gasteiger partial charge in [0, 0.05) is 0 Å². The van der Waals surface area contributed by atoms with Crippen LogP contribution in [0.2, 0.25) is 0 Å². The van der Waals surface area contributed by atoms with Gasteiger partial charge in [-0.1, -0.05) is 0 Å². The van der Waals surface area contributed by atoms with Crippen LogP contribution >= 0.6 is 0 Å². The van der Waals surface area contributed by atoms with Gasteiger partial charge in [-0.05, 0) is 6.92 Å². The van der Waals surface area contributed by atoms with Crippen molar-refractivity contribution >= 4 is 0 Å². The van der Waals surface area contributed by atoms with E-state index < -0.39 is 0 Å². The minimum Gasteiger partial charge on any atom is -0.377 e. The fourth-order valence-electron chi connectivity index (χ4n) is 0.473. The molecule has 0 bridgehead atoms. The zero-order valence-electron chi connectivity index (χ0n) is 4.27. The maximum Gasteiger partial charge on any atom is 0.0867 e. The zero-order valence-corrected chi connectivity index (χ0v) is 4.27. The van der Waals surface area contributed by atoms with E-state index in [2.05, 4.69) is 5.48 Å². The molecular weight excluding hydrogens is 94.0 g/mol. The van der Waals surface area contributed by atoms with Crippen LogP contribution < -0.4 is 5.48 Å². The average molecular weight is 103 g/mol. The Bertz CT molecular complexity index is 64.6. The summed E-state index contributed by atoms with van der Waals surface area (Å²) in [5, 5.41) is 8.32. The average Bonchev–Trinajstić information content (AvgIpc) is 1.61. The number of hydroxylamine groups is 1. The SMILES string of the molecule is CC1(NO)COC1. The van der Waals surface area contributed by atoms with Crippen molar-refractivity contribution in [3.63, 3.8) is 0 Å². The standard InChI is InChI=1S/C4H9NO2/c1-4(5-6)2-7-3-4/h5-6H,2-3H2,1H3. The van der Waals surface area contributed by atoms with Crippen molar-refractivity contribution in [2.45, 2.75) is 12.5 Å². The monoisotopic (exact) mass is 103 g/mol. The third-order valence-corrected chi connectivity index (χ3v) is 1.11. The third kappa shape index (κ3) is 0.748. The Labute approximate surface area is 42.2 Å². The lowest BCUT2D eigenvalue weighted by Crippen LogP contribution is -2.56. The van der Waals surface area contributed by atoms with Gasteiger partial charge < -0.3 is 9.94 Å². The van der Waals surface area contributed by atoms with E-state index in [1.54, 1.807) is 0 Å². The second-order valence-electron chi connectivity index (χ2n) is 2.17. The van der Waals surface area contributed by atoms with Crippen LogP contribution in [-0.2, 0) is 4.74 Å². The summed E-state index contributed by atoms with van der Waals surface area (Å²) in [6, 6.07) is 0. The van der Waals surface area contributed by atoms with Crippen LogP contribution in [0, 0.1) is 0 Å². The summed E-state index contributed by atoms with van der Waals surface area (Å²) in [7, 11) is 0. The summed E-state index contributed by atoms with van der Waals surface area (Å²) in [5.74, 6) is 0. The normalized spacial score (nSPS) is 26.6. The molecule has 1 rings (SSSR count). The number of rotatable bonds is 1. The predicted molar refractivity (Wildman–Crippen MR) is 24.1 cm³/mol. The fraction of sp³-hybridized carbons (Fsp3) is 1.00. The van der Waals surface area contributed by atoms with Crippen molar-refractivity contribution in [1.82, 2.24) is 5.48 Å². The summed E-state index contributed by atoms with van der Waals surface area (Å²) < 4.78 is 4.81. The Morgan fingerprint density at radius 3 is 2.29 bits per heavy atom. The highest BCUT2D eigenvalue weighted by molar-refractivity contribution is 4.85. The van der Waals surface area contributed by atoms with Crippen molar-refractivity contribution in [2.75, 3.05) is 13.2 Å². The molecule has 0 unspecified atom stereocenters. The molecule has 0 amide bonds. The van der Waals surface area contributed by atoms with E-state index in [1.807, 2.05) is 6.92 Å². The maximum atomic E-state index is 8.32. The van der Waals surface area contributed by atoms with E-state index >= 15 is 0 Å². The summed E-state index contributed by atoms with van der Waals surface area (Å²) >= 11 is 0. The molecule has 0 saturated carbocycles. The van der Waals surface area contributed by atoms with E-state index in [1.165, 1.54) is 0 Å². The highest BCUT2D eigenvalue weighted by Gasteiger charge is 2.32. The van der Waals surface area contributed by atoms with Crippen LogP contribution in [-0.4, -0.2) is 24.0 Å². The molecule has 0 spiro atoms. The van der Waals surface area contributed by atoms with E-state index in [4.69, 9.17) is 9.94 Å². The van der Waals surface area contributed by atoms with Crippen molar-refractivity contribution in [3.8, 4) is 0 Å². The van der Waals surface area contributed by atoms with E-state index in [9.17, 15) is 0 Å². The summed E-state index contributed by atoms with van der Waals surface area (Å²) in [6.45, 7) is 3.13. The van der Waals surface area contributed by atoms with Crippen molar-refractivity contribution in [3.05, 3.63) is 0 Å². The first-order valence-electron chi connectivity index (χ1n) is 2.26. The molecule has 2 N–H and O–H groups in total. The van der Waals surface area contributed by atoms with E-state index in [0.29, 0.717) is 13.2 Å². The quantitative estimate of drug-likeness (QED) is 0.450. The molecule has 0 atom stereocenters. The smallest absolute Gasteiger partial charge is 0.0867 e. The Morgan fingerprint density at radius 2 is 2.29 bits per heavy atom. The zero-order chi connectivity index (χ0) is 5.33. The maximum absolute atomic E-state index is 8.32. The van der Waals surface area contributed by atoms with Crippen LogP contribution in [0.4, 0.5) is 0 Å².